The molecule has 5 heteroatoms. The van der Waals surface area contributed by atoms with E-state index in [0.717, 1.165) is 56.0 Å². The molecule has 2 aliphatic heterocycles. The first-order valence-corrected chi connectivity index (χ1v) is 11.5. The summed E-state index contributed by atoms with van der Waals surface area (Å²) in [7, 11) is 0. The molecular weight excluding hydrogens is 463 g/mol. The predicted octanol–water partition coefficient (Wildman–Crippen LogP) is 6.75. The van der Waals surface area contributed by atoms with Gasteiger partial charge in [0.25, 0.3) is 0 Å². The second-order valence-electron chi connectivity index (χ2n) is 9.96. The standard InChI is InChI=1S/C29H30N4.Ni/c1-14-15(2)22-11-24-18(5)19(6)26(32-24)13-28-29(8,9)20(7)27(33-28)12-25-17(4)16(3)23(31-25)10-21(14)30-22;/h10-13H,7H2,1-6,8-9H3;/q-2;+2. The van der Waals surface area contributed by atoms with Crippen LogP contribution in [0.15, 0.2) is 30.8 Å². The molecule has 0 N–H and O–H groups in total. The zero-order chi connectivity index (χ0) is 23.8. The number of aryl methyl sites for hydroxylation is 4. The summed E-state index contributed by atoms with van der Waals surface area (Å²) in [6, 6.07) is 8.41. The van der Waals surface area contributed by atoms with Crippen LogP contribution in [0.3, 0.4) is 0 Å². The average Bonchev–Trinajstić information content (AvgIpc) is 3.36. The first-order chi connectivity index (χ1) is 15.5. The maximum absolute atomic E-state index is 5.01. The molecule has 0 aromatic carbocycles. The SMILES string of the molecule is C=C1c2cc3[n-]c(cc4nc(cc5[n-]c(cc(n2)C1(C)C)c(C)c5C)C(C)=C4C)c(C)c3C.[Ni+2]. The van der Waals surface area contributed by atoms with Gasteiger partial charge in [0, 0.05) is 11.1 Å². The fourth-order valence-electron chi connectivity index (χ4n) is 4.55. The molecule has 0 radical (unpaired) electrons. The molecule has 5 rings (SSSR count). The van der Waals surface area contributed by atoms with Gasteiger partial charge < -0.3 is 9.97 Å². The molecule has 34 heavy (non-hydrogen) atoms. The summed E-state index contributed by atoms with van der Waals surface area (Å²) in [5, 5.41) is 0. The summed E-state index contributed by atoms with van der Waals surface area (Å²) < 4.78 is 0. The minimum absolute atomic E-state index is 0. The molecule has 0 unspecified atom stereocenters. The second-order valence-corrected chi connectivity index (χ2v) is 9.96. The number of hydrogen-bond donors (Lipinski definition) is 0. The van der Waals surface area contributed by atoms with E-state index in [0.29, 0.717) is 0 Å². The Morgan fingerprint density at radius 2 is 1.00 bits per heavy atom. The van der Waals surface area contributed by atoms with E-state index in [1.165, 1.54) is 27.8 Å². The number of aromatic nitrogens is 4. The number of fused-ring (bicyclic) bond motifs is 8. The van der Waals surface area contributed by atoms with Gasteiger partial charge in [-0.15, -0.1) is 22.1 Å². The smallest absolute Gasteiger partial charge is 0.657 e. The Bertz CT molecular complexity index is 1560. The third kappa shape index (κ3) is 3.49. The van der Waals surface area contributed by atoms with Gasteiger partial charge in [0.15, 0.2) is 0 Å². The molecule has 3 aromatic heterocycles. The molecular formula is C29H30N4Ni. The van der Waals surface area contributed by atoms with Crippen molar-refractivity contribution < 1.29 is 16.5 Å². The minimum Gasteiger partial charge on any atom is -0.657 e. The van der Waals surface area contributed by atoms with Crippen LogP contribution in [0, 0.1) is 27.7 Å². The van der Waals surface area contributed by atoms with Crippen LogP contribution in [0.2, 0.25) is 0 Å². The van der Waals surface area contributed by atoms with Crippen molar-refractivity contribution >= 4 is 38.8 Å². The van der Waals surface area contributed by atoms with Crippen LogP contribution >= 0.6 is 0 Å². The van der Waals surface area contributed by atoms with Crippen LogP contribution in [0.4, 0.5) is 0 Å². The maximum Gasteiger partial charge on any atom is 2.00 e. The van der Waals surface area contributed by atoms with E-state index in [4.69, 9.17) is 19.9 Å². The van der Waals surface area contributed by atoms with Crippen LogP contribution in [0.5, 0.6) is 0 Å². The Labute approximate surface area is 211 Å². The molecule has 0 saturated carbocycles. The summed E-state index contributed by atoms with van der Waals surface area (Å²) in [6.07, 6.45) is 0. The Morgan fingerprint density at radius 1 is 0.618 bits per heavy atom. The van der Waals surface area contributed by atoms with Crippen LogP contribution in [-0.4, -0.2) is 9.97 Å². The summed E-state index contributed by atoms with van der Waals surface area (Å²) in [5.41, 5.74) is 15.4. The van der Waals surface area contributed by atoms with Crippen molar-refractivity contribution in [1.82, 2.24) is 19.9 Å². The van der Waals surface area contributed by atoms with Crippen molar-refractivity contribution in [2.45, 2.75) is 60.8 Å². The number of hydrogen-bond acceptors (Lipinski definition) is 2. The van der Waals surface area contributed by atoms with Crippen LogP contribution in [0.25, 0.3) is 38.8 Å². The first kappa shape index (κ1) is 24.2. The third-order valence-electron chi connectivity index (χ3n) is 7.75. The van der Waals surface area contributed by atoms with Gasteiger partial charge in [0.1, 0.15) is 0 Å². The summed E-state index contributed by atoms with van der Waals surface area (Å²) >= 11 is 0. The van der Waals surface area contributed by atoms with Gasteiger partial charge in [-0.05, 0) is 58.3 Å². The molecule has 0 atom stereocenters. The van der Waals surface area contributed by atoms with Gasteiger partial charge in [0.05, 0.1) is 17.1 Å². The van der Waals surface area contributed by atoms with E-state index in [1.54, 1.807) is 0 Å². The van der Waals surface area contributed by atoms with E-state index < -0.39 is 0 Å². The van der Waals surface area contributed by atoms with Gasteiger partial charge in [-0.1, -0.05) is 66.9 Å². The Morgan fingerprint density at radius 3 is 1.44 bits per heavy atom. The van der Waals surface area contributed by atoms with E-state index in [2.05, 4.69) is 86.2 Å². The largest absolute Gasteiger partial charge is 2.00 e. The maximum atomic E-state index is 5.01. The van der Waals surface area contributed by atoms with Crippen molar-refractivity contribution in [3.05, 3.63) is 75.9 Å². The number of nitrogens with zero attached hydrogens (tertiary/aromatic N) is 4. The summed E-state index contributed by atoms with van der Waals surface area (Å²) in [5.74, 6) is 0. The van der Waals surface area contributed by atoms with Gasteiger partial charge in [-0.25, -0.2) is 4.98 Å². The van der Waals surface area contributed by atoms with Crippen molar-refractivity contribution in [2.75, 3.05) is 0 Å². The zero-order valence-electron chi connectivity index (χ0n) is 21.1. The summed E-state index contributed by atoms with van der Waals surface area (Å²) in [4.78, 5) is 19.9. The molecule has 0 amide bonds. The fraction of sp³-hybridized carbons (Fsp3) is 0.310. The predicted molar refractivity (Wildman–Crippen MR) is 138 cm³/mol. The monoisotopic (exact) mass is 492 g/mol. The van der Waals surface area contributed by atoms with Gasteiger partial charge >= 0.3 is 16.5 Å². The van der Waals surface area contributed by atoms with Crippen LogP contribution < -0.4 is 9.97 Å². The van der Waals surface area contributed by atoms with Crippen molar-refractivity contribution in [1.29, 1.82) is 0 Å². The van der Waals surface area contributed by atoms with Gasteiger partial charge in [0.2, 0.25) is 0 Å². The van der Waals surface area contributed by atoms with Crippen LogP contribution in [-0.2, 0) is 21.9 Å². The van der Waals surface area contributed by atoms with Gasteiger partial charge in [-0.2, -0.15) is 0 Å². The van der Waals surface area contributed by atoms with E-state index >= 15 is 0 Å². The molecule has 3 aromatic rings. The Balaban J connectivity index is 0.00000274. The van der Waals surface area contributed by atoms with E-state index in [9.17, 15) is 0 Å². The molecule has 176 valence electrons. The minimum atomic E-state index is -0.275. The normalized spacial score (nSPS) is 15.0. The van der Waals surface area contributed by atoms with Crippen LogP contribution in [0.1, 0.15) is 72.7 Å². The molecule has 0 aliphatic carbocycles. The number of rotatable bonds is 0. The van der Waals surface area contributed by atoms with Crippen molar-refractivity contribution in [3.63, 3.8) is 0 Å². The molecule has 0 spiro atoms. The molecule has 0 saturated heterocycles. The second kappa shape index (κ2) is 8.10. The molecule has 2 aliphatic rings. The quantitative estimate of drug-likeness (QED) is 0.326. The first-order valence-electron chi connectivity index (χ1n) is 11.5. The molecule has 5 heterocycles. The molecule has 8 bridgehead atoms. The van der Waals surface area contributed by atoms with Crippen molar-refractivity contribution in [2.24, 2.45) is 0 Å². The zero-order valence-corrected chi connectivity index (χ0v) is 22.1. The average molecular weight is 493 g/mol. The number of allylic oxidation sites excluding steroid dienone is 3. The van der Waals surface area contributed by atoms with E-state index in [1.807, 2.05) is 0 Å². The summed E-state index contributed by atoms with van der Waals surface area (Å²) in [6.45, 7) is 21.5. The molecule has 4 nitrogen and oxygen atoms in total. The Hall–Kier alpha value is -2.91. The topological polar surface area (TPSA) is 54.0 Å². The van der Waals surface area contributed by atoms with Gasteiger partial charge in [-0.3, -0.25) is 4.98 Å². The fourth-order valence-corrected chi connectivity index (χ4v) is 4.55. The van der Waals surface area contributed by atoms with Crippen molar-refractivity contribution in [3.8, 4) is 0 Å². The molecule has 0 fully saturated rings. The third-order valence-corrected chi connectivity index (χ3v) is 7.75. The Kier molecular flexibility index (Phi) is 5.77. The van der Waals surface area contributed by atoms with E-state index in [-0.39, 0.29) is 21.9 Å².